The Bertz CT molecular complexity index is 1240. The van der Waals surface area contributed by atoms with Crippen LogP contribution in [0.25, 0.3) is 0 Å². The lowest BCUT2D eigenvalue weighted by molar-refractivity contribution is 0.0811. The summed E-state index contributed by atoms with van der Waals surface area (Å²) in [5.74, 6) is -0.457. The minimum absolute atomic E-state index is 0.0278. The van der Waals surface area contributed by atoms with Gasteiger partial charge >= 0.3 is 0 Å². The van der Waals surface area contributed by atoms with E-state index in [0.717, 1.165) is 15.7 Å². The highest BCUT2D eigenvalue weighted by Gasteiger charge is 2.28. The van der Waals surface area contributed by atoms with Crippen molar-refractivity contribution in [2.24, 2.45) is 0 Å². The van der Waals surface area contributed by atoms with Crippen molar-refractivity contribution < 1.29 is 14.6 Å². The molecule has 1 aromatic carbocycles. The second-order valence-corrected chi connectivity index (χ2v) is 7.39. The lowest BCUT2D eigenvalue weighted by Crippen LogP contribution is -2.31. The number of aromatic nitrogens is 2. The first kappa shape index (κ1) is 21.8. The molecule has 3 rings (SSSR count). The Morgan fingerprint density at radius 1 is 1.23 bits per heavy atom. The third-order valence-corrected chi connectivity index (χ3v) is 5.34. The minimum atomic E-state index is -0.944. The third kappa shape index (κ3) is 4.19. The van der Waals surface area contributed by atoms with E-state index in [9.17, 15) is 20.0 Å². The summed E-state index contributed by atoms with van der Waals surface area (Å²) in [5.41, 5.74) is 1.75. The fourth-order valence-corrected chi connectivity index (χ4v) is 3.37. The first-order valence-electron chi connectivity index (χ1n) is 9.78. The first-order chi connectivity index (χ1) is 14.8. The first-order valence-corrected chi connectivity index (χ1v) is 9.78. The number of ether oxygens (including phenoxy) is 1. The minimum Gasteiger partial charge on any atom is -0.494 e. The number of hydrogen-bond donors (Lipinski definition) is 1. The summed E-state index contributed by atoms with van der Waals surface area (Å²) in [6.45, 7) is 6.86. The van der Waals surface area contributed by atoms with Gasteiger partial charge in [-0.3, -0.25) is 19.1 Å². The van der Waals surface area contributed by atoms with Crippen LogP contribution in [0.4, 0.5) is 0 Å². The summed E-state index contributed by atoms with van der Waals surface area (Å²) in [6.07, 6.45) is 2.19. The second kappa shape index (κ2) is 8.84. The summed E-state index contributed by atoms with van der Waals surface area (Å²) in [7, 11) is 0. The van der Waals surface area contributed by atoms with Crippen LogP contribution >= 0.6 is 0 Å². The van der Waals surface area contributed by atoms with Crippen LogP contribution in [0.5, 0.6) is 11.6 Å². The molecule has 1 unspecified atom stereocenters. The van der Waals surface area contributed by atoms with Gasteiger partial charge in [0.2, 0.25) is 11.7 Å². The number of carbonyl (C=O) groups is 1. The van der Waals surface area contributed by atoms with Gasteiger partial charge in [-0.15, -0.1) is 0 Å². The molecule has 2 heterocycles. The smallest absolute Gasteiger partial charge is 0.271 e. The van der Waals surface area contributed by atoms with Gasteiger partial charge in [0.1, 0.15) is 17.4 Å². The second-order valence-electron chi connectivity index (χ2n) is 7.39. The topological polar surface area (TPSA) is 105 Å². The van der Waals surface area contributed by atoms with E-state index in [-0.39, 0.29) is 23.2 Å². The summed E-state index contributed by atoms with van der Waals surface area (Å²) in [5, 5.41) is 20.4. The quantitative estimate of drug-likeness (QED) is 0.616. The van der Waals surface area contributed by atoms with Crippen LogP contribution in [0.1, 0.15) is 45.1 Å². The maximum Gasteiger partial charge on any atom is 0.271 e. The molecule has 0 spiro atoms. The molecule has 0 aliphatic heterocycles. The molecule has 0 bridgehead atoms. The molecule has 0 saturated carbocycles. The van der Waals surface area contributed by atoms with Crippen molar-refractivity contribution in [1.29, 1.82) is 5.26 Å². The van der Waals surface area contributed by atoms with Crippen molar-refractivity contribution in [1.82, 2.24) is 9.55 Å². The molecule has 158 valence electrons. The fraction of sp³-hybridized carbons (Fsp3) is 0.250. The summed E-state index contributed by atoms with van der Waals surface area (Å²) in [4.78, 5) is 30.0. The Morgan fingerprint density at radius 2 is 1.97 bits per heavy atom. The van der Waals surface area contributed by atoms with Gasteiger partial charge in [0.25, 0.3) is 5.56 Å². The summed E-state index contributed by atoms with van der Waals surface area (Å²) >= 11 is 0. The van der Waals surface area contributed by atoms with Crippen molar-refractivity contribution in [2.45, 2.75) is 40.3 Å². The van der Waals surface area contributed by atoms with Crippen LogP contribution in [0, 0.1) is 32.1 Å². The maximum atomic E-state index is 13.2. The molecule has 2 aromatic heterocycles. The molecule has 7 nitrogen and oxygen atoms in total. The molecule has 1 N–H and O–H groups in total. The predicted molar refractivity (Wildman–Crippen MR) is 115 cm³/mol. The lowest BCUT2D eigenvalue weighted by Gasteiger charge is -2.20. The zero-order valence-corrected chi connectivity index (χ0v) is 17.8. The number of Topliss-reactive ketones (excluding diaryl/α,β-unsaturated/α-hetero) is 1. The van der Waals surface area contributed by atoms with Gasteiger partial charge in [-0.25, -0.2) is 0 Å². The largest absolute Gasteiger partial charge is 0.494 e. The average Bonchev–Trinajstić information content (AvgIpc) is 2.75. The highest BCUT2D eigenvalue weighted by atomic mass is 16.5. The number of ketones is 1. The van der Waals surface area contributed by atoms with Crippen LogP contribution in [0.2, 0.25) is 0 Å². The number of nitrogens with zero attached hydrogens (tertiary/aromatic N) is 3. The van der Waals surface area contributed by atoms with E-state index in [1.807, 2.05) is 32.0 Å². The highest BCUT2D eigenvalue weighted by molar-refractivity contribution is 6.03. The maximum absolute atomic E-state index is 13.2. The Kier molecular flexibility index (Phi) is 6.21. The van der Waals surface area contributed by atoms with Crippen LogP contribution < -0.4 is 10.3 Å². The molecule has 1 atom stereocenters. The van der Waals surface area contributed by atoms with E-state index in [4.69, 9.17) is 4.74 Å². The van der Waals surface area contributed by atoms with Gasteiger partial charge < -0.3 is 9.84 Å². The molecule has 0 fully saturated rings. The van der Waals surface area contributed by atoms with E-state index in [1.54, 1.807) is 37.5 Å². The molecule has 31 heavy (non-hydrogen) atoms. The van der Waals surface area contributed by atoms with Crippen molar-refractivity contribution in [2.75, 3.05) is 0 Å². The number of rotatable bonds is 6. The van der Waals surface area contributed by atoms with Gasteiger partial charge in [0.15, 0.2) is 6.10 Å². The summed E-state index contributed by atoms with van der Waals surface area (Å²) in [6, 6.07) is 10.8. The van der Waals surface area contributed by atoms with E-state index in [1.165, 1.54) is 6.92 Å². The van der Waals surface area contributed by atoms with Crippen LogP contribution in [-0.4, -0.2) is 26.5 Å². The third-order valence-electron chi connectivity index (χ3n) is 5.34. The SMILES string of the molecule is Cc1cccc(OC(C)C(=O)c2c(C)c(C#N)c(=O)n(Cc3cccnc3)c2O)c1C. The van der Waals surface area contributed by atoms with Crippen molar-refractivity contribution in [3.8, 4) is 17.7 Å². The molecule has 0 aliphatic rings. The number of aromatic hydroxyl groups is 1. The zero-order chi connectivity index (χ0) is 22.7. The Balaban J connectivity index is 2.06. The molecule has 0 saturated heterocycles. The van der Waals surface area contributed by atoms with Gasteiger partial charge in [-0.2, -0.15) is 5.26 Å². The average molecular weight is 417 g/mol. The van der Waals surface area contributed by atoms with Crippen molar-refractivity contribution in [3.63, 3.8) is 0 Å². The molecule has 7 heteroatoms. The number of aryl methyl sites for hydroxylation is 1. The Labute approximate surface area is 180 Å². The highest BCUT2D eigenvalue weighted by Crippen LogP contribution is 2.27. The lowest BCUT2D eigenvalue weighted by atomic mass is 9.99. The Hall–Kier alpha value is -3.92. The molecule has 0 amide bonds. The molecular formula is C24H23N3O4. The molecule has 0 aliphatic carbocycles. The monoisotopic (exact) mass is 417 g/mol. The zero-order valence-electron chi connectivity index (χ0n) is 17.8. The van der Waals surface area contributed by atoms with Gasteiger partial charge in [0, 0.05) is 12.4 Å². The van der Waals surface area contributed by atoms with E-state index in [2.05, 4.69) is 4.98 Å². The van der Waals surface area contributed by atoms with Crippen molar-refractivity contribution >= 4 is 5.78 Å². The summed E-state index contributed by atoms with van der Waals surface area (Å²) < 4.78 is 6.89. The molecular weight excluding hydrogens is 394 g/mol. The van der Waals surface area contributed by atoms with E-state index < -0.39 is 23.3 Å². The normalized spacial score (nSPS) is 11.6. The van der Waals surface area contributed by atoms with E-state index in [0.29, 0.717) is 11.3 Å². The number of hydrogen-bond acceptors (Lipinski definition) is 6. The number of pyridine rings is 2. The van der Waals surface area contributed by atoms with Crippen molar-refractivity contribution in [3.05, 3.63) is 86.5 Å². The number of benzene rings is 1. The predicted octanol–water partition coefficient (Wildman–Crippen LogP) is 3.44. The number of nitriles is 1. The van der Waals surface area contributed by atoms with E-state index >= 15 is 0 Å². The molecule has 3 aromatic rings. The van der Waals surface area contributed by atoms with Crippen LogP contribution in [0.3, 0.4) is 0 Å². The van der Waals surface area contributed by atoms with Crippen LogP contribution in [0.15, 0.2) is 47.5 Å². The van der Waals surface area contributed by atoms with Gasteiger partial charge in [-0.05, 0) is 62.1 Å². The van der Waals surface area contributed by atoms with Gasteiger partial charge in [0.05, 0.1) is 12.1 Å². The molecule has 0 radical (unpaired) electrons. The Morgan fingerprint density at radius 3 is 2.61 bits per heavy atom. The number of carbonyl (C=O) groups excluding carboxylic acids is 1. The van der Waals surface area contributed by atoms with Gasteiger partial charge in [-0.1, -0.05) is 18.2 Å². The van der Waals surface area contributed by atoms with Crippen LogP contribution in [-0.2, 0) is 6.54 Å². The fourth-order valence-electron chi connectivity index (χ4n) is 3.37. The standard InChI is InChI=1S/C24H23N3O4/c1-14-7-5-9-20(15(14)2)31-17(4)22(28)21-16(3)19(11-25)23(29)27(24(21)30)13-18-8-6-10-26-12-18/h5-10,12,17,30H,13H2,1-4H3.